The Hall–Kier alpha value is -1.87. The van der Waals surface area contributed by atoms with E-state index >= 15 is 0 Å². The van der Waals surface area contributed by atoms with Crippen LogP contribution in [0, 0.1) is 5.82 Å². The number of hydrogen-bond acceptors (Lipinski definition) is 2. The van der Waals surface area contributed by atoms with Crippen LogP contribution in [0.15, 0.2) is 48.5 Å². The quantitative estimate of drug-likeness (QED) is 0.844. The third-order valence-electron chi connectivity index (χ3n) is 3.43. The Morgan fingerprint density at radius 2 is 1.65 bits per heavy atom. The van der Waals surface area contributed by atoms with Gasteiger partial charge in [0.05, 0.1) is 12.1 Å². The number of rotatable bonds is 5. The Bertz CT molecular complexity index is 568. The van der Waals surface area contributed by atoms with Gasteiger partial charge >= 0.3 is 0 Å². The summed E-state index contributed by atoms with van der Waals surface area (Å²) in [5, 5.41) is 13.1. The molecule has 0 fully saturated rings. The fourth-order valence-corrected chi connectivity index (χ4v) is 2.34. The maximum atomic E-state index is 13.9. The van der Waals surface area contributed by atoms with Crippen molar-refractivity contribution in [1.29, 1.82) is 0 Å². The summed E-state index contributed by atoms with van der Waals surface area (Å²) in [6.45, 7) is 3.74. The lowest BCUT2D eigenvalue weighted by molar-refractivity contribution is 0.200. The molecule has 20 heavy (non-hydrogen) atoms. The second-order valence-corrected chi connectivity index (χ2v) is 4.89. The number of aliphatic hydroxyl groups is 1. The van der Waals surface area contributed by atoms with Gasteiger partial charge in [-0.3, -0.25) is 0 Å². The van der Waals surface area contributed by atoms with Crippen LogP contribution in [0.1, 0.15) is 43.5 Å². The molecule has 106 valence electrons. The van der Waals surface area contributed by atoms with Gasteiger partial charge in [-0.05, 0) is 25.5 Å². The van der Waals surface area contributed by atoms with E-state index in [0.29, 0.717) is 5.56 Å². The highest BCUT2D eigenvalue weighted by Crippen LogP contribution is 2.29. The van der Waals surface area contributed by atoms with E-state index in [1.54, 1.807) is 19.1 Å². The highest BCUT2D eigenvalue weighted by atomic mass is 19.1. The van der Waals surface area contributed by atoms with Crippen LogP contribution >= 0.6 is 0 Å². The van der Waals surface area contributed by atoms with E-state index in [1.807, 2.05) is 37.3 Å². The number of nitrogens with one attached hydrogen (secondary N) is 1. The Kier molecular flexibility index (Phi) is 4.74. The first-order valence-electron chi connectivity index (χ1n) is 6.91. The molecule has 0 saturated heterocycles. The summed E-state index contributed by atoms with van der Waals surface area (Å²) in [5.41, 5.74) is 2.32. The molecule has 0 radical (unpaired) electrons. The van der Waals surface area contributed by atoms with Crippen LogP contribution in [0.2, 0.25) is 0 Å². The number of aliphatic hydroxyl groups excluding tert-OH is 1. The molecule has 0 aliphatic carbocycles. The van der Waals surface area contributed by atoms with Crippen LogP contribution in [0.4, 0.5) is 10.1 Å². The second kappa shape index (κ2) is 6.53. The lowest BCUT2D eigenvalue weighted by atomic mass is 10.0. The minimum atomic E-state index is -0.558. The van der Waals surface area contributed by atoms with Gasteiger partial charge in [0.2, 0.25) is 0 Å². The van der Waals surface area contributed by atoms with Crippen molar-refractivity contribution < 1.29 is 9.50 Å². The third kappa shape index (κ3) is 3.17. The molecule has 2 rings (SSSR count). The molecule has 3 heteroatoms. The maximum absolute atomic E-state index is 13.9. The van der Waals surface area contributed by atoms with Gasteiger partial charge in [-0.1, -0.05) is 43.3 Å². The summed E-state index contributed by atoms with van der Waals surface area (Å²) in [5.74, 6) is -0.207. The summed E-state index contributed by atoms with van der Waals surface area (Å²) in [7, 11) is 0. The van der Waals surface area contributed by atoms with Gasteiger partial charge in [0.25, 0.3) is 0 Å². The van der Waals surface area contributed by atoms with Gasteiger partial charge in [-0.15, -0.1) is 0 Å². The van der Waals surface area contributed by atoms with Crippen molar-refractivity contribution in [2.24, 2.45) is 0 Å². The zero-order valence-electron chi connectivity index (χ0n) is 11.8. The lowest BCUT2D eigenvalue weighted by Gasteiger charge is -2.22. The van der Waals surface area contributed by atoms with E-state index in [1.165, 1.54) is 6.07 Å². The monoisotopic (exact) mass is 273 g/mol. The van der Waals surface area contributed by atoms with Crippen molar-refractivity contribution in [2.75, 3.05) is 5.32 Å². The Morgan fingerprint density at radius 1 is 1.05 bits per heavy atom. The molecule has 0 aliphatic heterocycles. The maximum Gasteiger partial charge on any atom is 0.128 e. The van der Waals surface area contributed by atoms with Crippen LogP contribution in [0.3, 0.4) is 0 Å². The fourth-order valence-electron chi connectivity index (χ4n) is 2.34. The first-order chi connectivity index (χ1) is 9.63. The highest BCUT2D eigenvalue weighted by molar-refractivity contribution is 5.53. The van der Waals surface area contributed by atoms with E-state index in [4.69, 9.17) is 0 Å². The Labute approximate surface area is 119 Å². The average Bonchev–Trinajstić information content (AvgIpc) is 2.46. The van der Waals surface area contributed by atoms with Gasteiger partial charge in [-0.25, -0.2) is 4.39 Å². The molecule has 2 N–H and O–H groups in total. The van der Waals surface area contributed by atoms with Gasteiger partial charge < -0.3 is 10.4 Å². The molecular weight excluding hydrogens is 253 g/mol. The van der Waals surface area contributed by atoms with E-state index in [-0.39, 0.29) is 11.9 Å². The number of benzene rings is 2. The third-order valence-corrected chi connectivity index (χ3v) is 3.43. The molecule has 0 aromatic heterocycles. The Morgan fingerprint density at radius 3 is 2.25 bits per heavy atom. The van der Waals surface area contributed by atoms with Crippen molar-refractivity contribution in [1.82, 2.24) is 0 Å². The van der Waals surface area contributed by atoms with Gasteiger partial charge in [0.1, 0.15) is 5.82 Å². The average molecular weight is 273 g/mol. The molecule has 0 amide bonds. The van der Waals surface area contributed by atoms with Crippen LogP contribution in [-0.4, -0.2) is 5.11 Å². The zero-order chi connectivity index (χ0) is 14.5. The molecule has 0 saturated carbocycles. The summed E-state index contributed by atoms with van der Waals surface area (Å²) in [6.07, 6.45) is 0.201. The van der Waals surface area contributed by atoms with Crippen molar-refractivity contribution in [2.45, 2.75) is 32.4 Å². The van der Waals surface area contributed by atoms with Crippen molar-refractivity contribution >= 4 is 5.69 Å². The minimum absolute atomic E-state index is 0.115. The molecular formula is C17H20FNO. The van der Waals surface area contributed by atoms with Crippen LogP contribution in [0.5, 0.6) is 0 Å². The predicted molar refractivity (Wildman–Crippen MR) is 80.1 cm³/mol. The Balaban J connectivity index is 2.30. The second-order valence-electron chi connectivity index (χ2n) is 4.89. The molecule has 2 nitrogen and oxygen atoms in total. The molecule has 0 aliphatic rings. The first-order valence-corrected chi connectivity index (χ1v) is 6.91. The van der Waals surface area contributed by atoms with Crippen LogP contribution in [-0.2, 0) is 0 Å². The van der Waals surface area contributed by atoms with E-state index in [9.17, 15) is 9.50 Å². The SMILES string of the molecule is CCC(Nc1ccccc1C(C)O)c1ccccc1F. The molecule has 0 spiro atoms. The van der Waals surface area contributed by atoms with E-state index in [0.717, 1.165) is 17.7 Å². The first kappa shape index (κ1) is 14.5. The van der Waals surface area contributed by atoms with Crippen molar-refractivity contribution in [3.05, 3.63) is 65.5 Å². The standard InChI is InChI=1S/C17H20FNO/c1-3-16(14-9-4-6-10-15(14)18)19-17-11-7-5-8-13(17)12(2)20/h4-12,16,19-20H,3H2,1-2H3. The topological polar surface area (TPSA) is 32.3 Å². The van der Waals surface area contributed by atoms with Crippen molar-refractivity contribution in [3.8, 4) is 0 Å². The van der Waals surface area contributed by atoms with Gasteiger partial charge in [0, 0.05) is 16.8 Å². The summed E-state index contributed by atoms with van der Waals surface area (Å²) in [4.78, 5) is 0. The number of hydrogen-bond donors (Lipinski definition) is 2. The molecule has 2 unspecified atom stereocenters. The smallest absolute Gasteiger partial charge is 0.128 e. The summed E-state index contributed by atoms with van der Waals surface area (Å²) >= 11 is 0. The summed E-state index contributed by atoms with van der Waals surface area (Å²) in [6, 6.07) is 14.3. The van der Waals surface area contributed by atoms with Gasteiger partial charge in [-0.2, -0.15) is 0 Å². The van der Waals surface area contributed by atoms with Gasteiger partial charge in [0.15, 0.2) is 0 Å². The molecule has 2 aromatic carbocycles. The number of anilines is 1. The number of halogens is 1. The largest absolute Gasteiger partial charge is 0.389 e. The highest BCUT2D eigenvalue weighted by Gasteiger charge is 2.15. The van der Waals surface area contributed by atoms with Crippen LogP contribution in [0.25, 0.3) is 0 Å². The zero-order valence-corrected chi connectivity index (χ0v) is 11.8. The van der Waals surface area contributed by atoms with Crippen LogP contribution < -0.4 is 5.32 Å². The van der Waals surface area contributed by atoms with Crippen molar-refractivity contribution in [3.63, 3.8) is 0 Å². The van der Waals surface area contributed by atoms with E-state index in [2.05, 4.69) is 5.32 Å². The molecule has 0 bridgehead atoms. The molecule has 2 aromatic rings. The number of para-hydroxylation sites is 1. The minimum Gasteiger partial charge on any atom is -0.389 e. The van der Waals surface area contributed by atoms with E-state index < -0.39 is 6.10 Å². The predicted octanol–water partition coefficient (Wildman–Crippen LogP) is 4.44. The molecule has 0 heterocycles. The normalized spacial score (nSPS) is 13.8. The fraction of sp³-hybridized carbons (Fsp3) is 0.294. The lowest BCUT2D eigenvalue weighted by Crippen LogP contribution is -2.13. The summed E-state index contributed by atoms with van der Waals surface area (Å²) < 4.78 is 13.9. The molecule has 2 atom stereocenters.